The van der Waals surface area contributed by atoms with E-state index in [1.807, 2.05) is 54.9 Å². The molecule has 4 aromatic rings. The highest BCUT2D eigenvalue weighted by Crippen LogP contribution is 2.24. The number of ether oxygens (including phenoxy) is 1. The standard InChI is InChI=1S/C24H22ClN5O2/c1-16-21(17(2)30(29-16)20-7-5-19(25)6-8-20)14-23(31)28-24-22(4-3-11-27-24)32-15-18-9-12-26-13-10-18/h3-13H,14-15H2,1-2H3,(H,27,28,31). The van der Waals surface area contributed by atoms with E-state index in [2.05, 4.69) is 20.4 Å². The molecule has 7 nitrogen and oxygen atoms in total. The van der Waals surface area contributed by atoms with Gasteiger partial charge < -0.3 is 10.1 Å². The van der Waals surface area contributed by atoms with Crippen LogP contribution in [-0.4, -0.2) is 25.7 Å². The predicted octanol–water partition coefficient (Wildman–Crippen LogP) is 4.69. The van der Waals surface area contributed by atoms with Crippen LogP contribution in [0.5, 0.6) is 5.75 Å². The van der Waals surface area contributed by atoms with E-state index in [4.69, 9.17) is 16.3 Å². The molecule has 0 aliphatic heterocycles. The van der Waals surface area contributed by atoms with E-state index in [0.717, 1.165) is 28.2 Å². The maximum absolute atomic E-state index is 12.8. The predicted molar refractivity (Wildman–Crippen MR) is 123 cm³/mol. The van der Waals surface area contributed by atoms with Gasteiger partial charge in [-0.2, -0.15) is 5.10 Å². The number of hydrogen-bond donors (Lipinski definition) is 1. The third kappa shape index (κ3) is 4.95. The Morgan fingerprint density at radius 1 is 1.06 bits per heavy atom. The van der Waals surface area contributed by atoms with E-state index in [1.165, 1.54) is 0 Å². The second-order valence-electron chi connectivity index (χ2n) is 7.26. The van der Waals surface area contributed by atoms with Gasteiger partial charge in [0.25, 0.3) is 0 Å². The summed E-state index contributed by atoms with van der Waals surface area (Å²) in [5.74, 6) is 0.689. The lowest BCUT2D eigenvalue weighted by atomic mass is 10.1. The average molecular weight is 448 g/mol. The van der Waals surface area contributed by atoms with Gasteiger partial charge in [0.05, 0.1) is 17.8 Å². The molecule has 0 saturated heterocycles. The van der Waals surface area contributed by atoms with Gasteiger partial charge in [0.1, 0.15) is 6.61 Å². The first kappa shape index (κ1) is 21.5. The lowest BCUT2D eigenvalue weighted by molar-refractivity contribution is -0.115. The van der Waals surface area contributed by atoms with Gasteiger partial charge in [0.15, 0.2) is 11.6 Å². The van der Waals surface area contributed by atoms with Crippen LogP contribution >= 0.6 is 11.6 Å². The summed E-state index contributed by atoms with van der Waals surface area (Å²) in [4.78, 5) is 21.1. The molecule has 0 unspecified atom stereocenters. The molecular formula is C24H22ClN5O2. The fourth-order valence-electron chi connectivity index (χ4n) is 3.34. The van der Waals surface area contributed by atoms with Crippen LogP contribution in [0.4, 0.5) is 5.82 Å². The molecule has 0 saturated carbocycles. The van der Waals surface area contributed by atoms with Gasteiger partial charge in [0, 0.05) is 34.9 Å². The number of pyridine rings is 2. The Balaban J connectivity index is 1.47. The Hall–Kier alpha value is -3.71. The van der Waals surface area contributed by atoms with Crippen LogP contribution < -0.4 is 10.1 Å². The van der Waals surface area contributed by atoms with Crippen molar-refractivity contribution >= 4 is 23.3 Å². The Morgan fingerprint density at radius 3 is 2.56 bits per heavy atom. The van der Waals surface area contributed by atoms with Gasteiger partial charge in [-0.1, -0.05) is 11.6 Å². The summed E-state index contributed by atoms with van der Waals surface area (Å²) in [6.45, 7) is 4.19. The monoisotopic (exact) mass is 447 g/mol. The molecule has 32 heavy (non-hydrogen) atoms. The Morgan fingerprint density at radius 2 is 1.81 bits per heavy atom. The highest BCUT2D eigenvalue weighted by Gasteiger charge is 2.17. The number of benzene rings is 1. The first-order valence-corrected chi connectivity index (χ1v) is 10.5. The summed E-state index contributed by atoms with van der Waals surface area (Å²) < 4.78 is 7.68. The number of aryl methyl sites for hydroxylation is 1. The van der Waals surface area contributed by atoms with Crippen molar-refractivity contribution in [3.05, 3.63) is 94.7 Å². The summed E-state index contributed by atoms with van der Waals surface area (Å²) in [5, 5.41) is 8.12. The number of aromatic nitrogens is 4. The number of nitrogens with zero attached hydrogens (tertiary/aromatic N) is 4. The van der Waals surface area contributed by atoms with Gasteiger partial charge in [-0.15, -0.1) is 0 Å². The van der Waals surface area contributed by atoms with Crippen molar-refractivity contribution in [2.24, 2.45) is 0 Å². The van der Waals surface area contributed by atoms with E-state index in [1.54, 1.807) is 30.7 Å². The van der Waals surface area contributed by atoms with Crippen LogP contribution in [0.2, 0.25) is 5.02 Å². The number of carbonyl (C=O) groups excluding carboxylic acids is 1. The molecule has 1 N–H and O–H groups in total. The zero-order valence-corrected chi connectivity index (χ0v) is 18.5. The fraction of sp³-hybridized carbons (Fsp3) is 0.167. The summed E-state index contributed by atoms with van der Waals surface area (Å²) in [5.41, 5.74) is 4.42. The topological polar surface area (TPSA) is 81.9 Å². The van der Waals surface area contributed by atoms with Crippen LogP contribution in [0.1, 0.15) is 22.5 Å². The molecule has 4 rings (SSSR count). The molecule has 0 aliphatic carbocycles. The number of nitrogens with one attached hydrogen (secondary N) is 1. The summed E-state index contributed by atoms with van der Waals surface area (Å²) in [6.07, 6.45) is 5.20. The van der Waals surface area contributed by atoms with Gasteiger partial charge in [-0.25, -0.2) is 9.67 Å². The van der Waals surface area contributed by atoms with Crippen LogP contribution in [-0.2, 0) is 17.8 Å². The second-order valence-corrected chi connectivity index (χ2v) is 7.69. The Kier molecular flexibility index (Phi) is 6.47. The van der Waals surface area contributed by atoms with Crippen LogP contribution in [0, 0.1) is 13.8 Å². The number of anilines is 1. The zero-order valence-electron chi connectivity index (χ0n) is 17.7. The number of hydrogen-bond acceptors (Lipinski definition) is 5. The normalized spacial score (nSPS) is 10.7. The number of rotatable bonds is 7. The van der Waals surface area contributed by atoms with Gasteiger partial charge in [-0.3, -0.25) is 9.78 Å². The first-order chi connectivity index (χ1) is 15.5. The first-order valence-electron chi connectivity index (χ1n) is 10.1. The summed E-state index contributed by atoms with van der Waals surface area (Å²) in [6, 6.07) is 14.7. The molecule has 0 atom stereocenters. The highest BCUT2D eigenvalue weighted by molar-refractivity contribution is 6.30. The number of halogens is 1. The van der Waals surface area contributed by atoms with Crippen LogP contribution in [0.15, 0.2) is 67.1 Å². The smallest absolute Gasteiger partial charge is 0.230 e. The fourth-order valence-corrected chi connectivity index (χ4v) is 3.47. The van der Waals surface area contributed by atoms with E-state index in [9.17, 15) is 4.79 Å². The van der Waals surface area contributed by atoms with Crippen LogP contribution in [0.25, 0.3) is 5.69 Å². The lowest BCUT2D eigenvalue weighted by Gasteiger charge is -2.12. The number of amides is 1. The quantitative estimate of drug-likeness (QED) is 0.444. The van der Waals surface area contributed by atoms with E-state index in [0.29, 0.717) is 23.2 Å². The maximum Gasteiger partial charge on any atom is 0.230 e. The highest BCUT2D eigenvalue weighted by atomic mass is 35.5. The van der Waals surface area contributed by atoms with Gasteiger partial charge in [-0.05, 0) is 67.9 Å². The van der Waals surface area contributed by atoms with Crippen molar-refractivity contribution in [2.45, 2.75) is 26.9 Å². The zero-order chi connectivity index (χ0) is 22.5. The molecule has 162 valence electrons. The van der Waals surface area contributed by atoms with E-state index < -0.39 is 0 Å². The van der Waals surface area contributed by atoms with Crippen molar-refractivity contribution in [1.29, 1.82) is 0 Å². The molecule has 0 radical (unpaired) electrons. The number of carbonyl (C=O) groups is 1. The van der Waals surface area contributed by atoms with Gasteiger partial charge >= 0.3 is 0 Å². The Labute approximate surface area is 191 Å². The van der Waals surface area contributed by atoms with E-state index >= 15 is 0 Å². The Bertz CT molecular complexity index is 1220. The molecule has 0 aliphatic rings. The molecular weight excluding hydrogens is 426 g/mol. The minimum absolute atomic E-state index is 0.172. The van der Waals surface area contributed by atoms with Crippen molar-refractivity contribution in [3.63, 3.8) is 0 Å². The minimum atomic E-state index is -0.195. The molecule has 0 spiro atoms. The molecule has 1 aromatic carbocycles. The largest absolute Gasteiger partial charge is 0.485 e. The third-order valence-corrected chi connectivity index (χ3v) is 5.27. The second kappa shape index (κ2) is 9.62. The maximum atomic E-state index is 12.8. The van der Waals surface area contributed by atoms with Crippen molar-refractivity contribution in [3.8, 4) is 11.4 Å². The van der Waals surface area contributed by atoms with Crippen molar-refractivity contribution < 1.29 is 9.53 Å². The summed E-state index contributed by atoms with van der Waals surface area (Å²) in [7, 11) is 0. The molecule has 3 heterocycles. The van der Waals surface area contributed by atoms with Crippen LogP contribution in [0.3, 0.4) is 0 Å². The lowest BCUT2D eigenvalue weighted by Crippen LogP contribution is -2.17. The minimum Gasteiger partial charge on any atom is -0.485 e. The molecule has 1 amide bonds. The average Bonchev–Trinajstić information content (AvgIpc) is 3.08. The van der Waals surface area contributed by atoms with Gasteiger partial charge in [0.2, 0.25) is 5.91 Å². The third-order valence-electron chi connectivity index (χ3n) is 5.02. The molecule has 0 bridgehead atoms. The molecule has 8 heteroatoms. The molecule has 3 aromatic heterocycles. The SMILES string of the molecule is Cc1nn(-c2ccc(Cl)cc2)c(C)c1CC(=O)Nc1ncccc1OCc1ccncc1. The van der Waals surface area contributed by atoms with E-state index in [-0.39, 0.29) is 12.3 Å². The van der Waals surface area contributed by atoms with Crippen molar-refractivity contribution in [1.82, 2.24) is 19.7 Å². The summed E-state index contributed by atoms with van der Waals surface area (Å²) >= 11 is 5.99. The van der Waals surface area contributed by atoms with Crippen molar-refractivity contribution in [2.75, 3.05) is 5.32 Å². The molecule has 0 fully saturated rings.